The Labute approximate surface area is 124 Å². The third-order valence-electron chi connectivity index (χ3n) is 2.95. The molecule has 0 saturated carbocycles. The molecule has 1 heterocycles. The SMILES string of the molecule is CCc1nn(C)cc1C(=O)N(CCOC)CCC(N)=S. The van der Waals surface area contributed by atoms with Crippen LogP contribution < -0.4 is 5.73 Å². The Morgan fingerprint density at radius 1 is 1.55 bits per heavy atom. The molecule has 0 atom stereocenters. The predicted molar refractivity (Wildman–Crippen MR) is 81.8 cm³/mol. The summed E-state index contributed by atoms with van der Waals surface area (Å²) in [5.41, 5.74) is 6.95. The molecular weight excluding hydrogens is 276 g/mol. The van der Waals surface area contributed by atoms with Gasteiger partial charge in [0.15, 0.2) is 0 Å². The van der Waals surface area contributed by atoms with Crippen molar-refractivity contribution in [1.29, 1.82) is 0 Å². The van der Waals surface area contributed by atoms with Gasteiger partial charge in [0.2, 0.25) is 0 Å². The molecule has 0 unspecified atom stereocenters. The first kappa shape index (κ1) is 16.6. The molecule has 6 nitrogen and oxygen atoms in total. The van der Waals surface area contributed by atoms with E-state index in [1.807, 2.05) is 14.0 Å². The van der Waals surface area contributed by atoms with E-state index in [9.17, 15) is 4.79 Å². The number of hydrogen-bond acceptors (Lipinski definition) is 4. The van der Waals surface area contributed by atoms with Gasteiger partial charge >= 0.3 is 0 Å². The van der Waals surface area contributed by atoms with E-state index in [0.29, 0.717) is 36.7 Å². The van der Waals surface area contributed by atoms with E-state index in [1.54, 1.807) is 22.9 Å². The van der Waals surface area contributed by atoms with Crippen molar-refractivity contribution in [3.63, 3.8) is 0 Å². The number of amides is 1. The molecule has 0 aliphatic carbocycles. The smallest absolute Gasteiger partial charge is 0.257 e. The van der Waals surface area contributed by atoms with Crippen molar-refractivity contribution in [3.05, 3.63) is 17.5 Å². The van der Waals surface area contributed by atoms with Gasteiger partial charge in [0.25, 0.3) is 5.91 Å². The molecule has 0 bridgehead atoms. The van der Waals surface area contributed by atoms with Crippen LogP contribution in [0.3, 0.4) is 0 Å². The maximum Gasteiger partial charge on any atom is 0.257 e. The highest BCUT2D eigenvalue weighted by Gasteiger charge is 2.20. The third-order valence-corrected chi connectivity index (χ3v) is 3.16. The number of aryl methyl sites for hydroxylation is 2. The second-order valence-corrected chi connectivity index (χ2v) is 5.04. The van der Waals surface area contributed by atoms with E-state index in [4.69, 9.17) is 22.7 Å². The average Bonchev–Trinajstić information content (AvgIpc) is 2.79. The Bertz CT molecular complexity index is 473. The van der Waals surface area contributed by atoms with Crippen LogP contribution in [0.15, 0.2) is 6.20 Å². The minimum Gasteiger partial charge on any atom is -0.393 e. The quantitative estimate of drug-likeness (QED) is 0.717. The summed E-state index contributed by atoms with van der Waals surface area (Å²) in [5.74, 6) is -0.0525. The first-order valence-electron chi connectivity index (χ1n) is 6.58. The van der Waals surface area contributed by atoms with E-state index < -0.39 is 0 Å². The summed E-state index contributed by atoms with van der Waals surface area (Å²) in [6, 6.07) is 0. The molecule has 0 spiro atoms. The minimum atomic E-state index is -0.0525. The van der Waals surface area contributed by atoms with Crippen molar-refractivity contribution < 1.29 is 9.53 Å². The predicted octanol–water partition coefficient (Wildman–Crippen LogP) is 0.747. The van der Waals surface area contributed by atoms with Gasteiger partial charge < -0.3 is 15.4 Å². The van der Waals surface area contributed by atoms with Crippen LogP contribution >= 0.6 is 12.2 Å². The third kappa shape index (κ3) is 4.57. The van der Waals surface area contributed by atoms with Gasteiger partial charge in [0.05, 0.1) is 22.9 Å². The van der Waals surface area contributed by atoms with Gasteiger partial charge in [-0.25, -0.2) is 0 Å². The van der Waals surface area contributed by atoms with E-state index in [2.05, 4.69) is 5.10 Å². The van der Waals surface area contributed by atoms with Crippen LogP contribution in [-0.2, 0) is 18.2 Å². The van der Waals surface area contributed by atoms with Crippen molar-refractivity contribution in [2.24, 2.45) is 12.8 Å². The van der Waals surface area contributed by atoms with Crippen molar-refractivity contribution in [2.45, 2.75) is 19.8 Å². The monoisotopic (exact) mass is 298 g/mol. The topological polar surface area (TPSA) is 73.4 Å². The highest BCUT2D eigenvalue weighted by molar-refractivity contribution is 7.80. The van der Waals surface area contributed by atoms with Crippen molar-refractivity contribution in [3.8, 4) is 0 Å². The summed E-state index contributed by atoms with van der Waals surface area (Å²) < 4.78 is 6.71. The summed E-state index contributed by atoms with van der Waals surface area (Å²) in [7, 11) is 3.42. The molecule has 1 aromatic rings. The lowest BCUT2D eigenvalue weighted by molar-refractivity contribution is 0.0700. The van der Waals surface area contributed by atoms with Gasteiger partial charge in [-0.3, -0.25) is 9.48 Å². The first-order valence-corrected chi connectivity index (χ1v) is 6.99. The number of methoxy groups -OCH3 is 1. The molecule has 0 radical (unpaired) electrons. The Hall–Kier alpha value is -1.47. The Kier molecular flexibility index (Phi) is 6.60. The molecule has 7 heteroatoms. The maximum absolute atomic E-state index is 12.6. The highest BCUT2D eigenvalue weighted by Crippen LogP contribution is 2.11. The van der Waals surface area contributed by atoms with Crippen molar-refractivity contribution in [2.75, 3.05) is 26.8 Å². The summed E-state index contributed by atoms with van der Waals surface area (Å²) in [5, 5.41) is 4.30. The lowest BCUT2D eigenvalue weighted by Gasteiger charge is -2.22. The largest absolute Gasteiger partial charge is 0.393 e. The molecule has 0 aliphatic rings. The molecule has 0 aromatic carbocycles. The number of nitrogens with zero attached hydrogens (tertiary/aromatic N) is 3. The summed E-state index contributed by atoms with van der Waals surface area (Å²) in [6.07, 6.45) is 2.98. The molecule has 1 rings (SSSR count). The number of carbonyl (C=O) groups is 1. The molecule has 1 aromatic heterocycles. The lowest BCUT2D eigenvalue weighted by atomic mass is 10.2. The number of thiocarbonyl (C=S) groups is 1. The van der Waals surface area contributed by atoms with Gasteiger partial charge in [-0.15, -0.1) is 0 Å². The minimum absolute atomic E-state index is 0.0525. The van der Waals surface area contributed by atoms with Crippen LogP contribution in [0, 0.1) is 0 Å². The van der Waals surface area contributed by atoms with Crippen LogP contribution in [0.1, 0.15) is 29.4 Å². The van der Waals surface area contributed by atoms with Gasteiger partial charge in [-0.05, 0) is 6.42 Å². The Morgan fingerprint density at radius 2 is 2.25 bits per heavy atom. The van der Waals surface area contributed by atoms with Crippen LogP contribution in [0.2, 0.25) is 0 Å². The van der Waals surface area contributed by atoms with Gasteiger partial charge in [-0.2, -0.15) is 5.10 Å². The zero-order valence-electron chi connectivity index (χ0n) is 12.3. The summed E-state index contributed by atoms with van der Waals surface area (Å²) in [4.78, 5) is 14.7. The highest BCUT2D eigenvalue weighted by atomic mass is 32.1. The zero-order chi connectivity index (χ0) is 15.1. The molecule has 0 fully saturated rings. The fourth-order valence-corrected chi connectivity index (χ4v) is 2.00. The maximum atomic E-state index is 12.6. The molecule has 1 amide bonds. The van der Waals surface area contributed by atoms with E-state index in [0.717, 1.165) is 12.1 Å². The zero-order valence-corrected chi connectivity index (χ0v) is 13.1. The van der Waals surface area contributed by atoms with Crippen molar-refractivity contribution >= 4 is 23.1 Å². The fraction of sp³-hybridized carbons (Fsp3) is 0.615. The van der Waals surface area contributed by atoms with Gasteiger partial charge in [0, 0.05) is 39.9 Å². The van der Waals surface area contributed by atoms with Crippen LogP contribution in [0.5, 0.6) is 0 Å². The van der Waals surface area contributed by atoms with Crippen molar-refractivity contribution in [1.82, 2.24) is 14.7 Å². The second kappa shape index (κ2) is 7.96. The van der Waals surface area contributed by atoms with Crippen LogP contribution in [0.25, 0.3) is 0 Å². The lowest BCUT2D eigenvalue weighted by Crippen LogP contribution is -2.36. The Morgan fingerprint density at radius 3 is 2.80 bits per heavy atom. The molecular formula is C13H22N4O2S. The fourth-order valence-electron chi connectivity index (χ4n) is 1.91. The average molecular weight is 298 g/mol. The number of aromatic nitrogens is 2. The Balaban J connectivity index is 2.87. The van der Waals surface area contributed by atoms with Gasteiger partial charge in [0.1, 0.15) is 0 Å². The number of rotatable bonds is 8. The number of carbonyl (C=O) groups excluding carboxylic acids is 1. The standard InChI is InChI=1S/C13H22N4O2S/c1-4-11-10(9-16(2)15-11)13(18)17(7-8-19-3)6-5-12(14)20/h9H,4-8H2,1-3H3,(H2,14,20). The number of ether oxygens (including phenoxy) is 1. The van der Waals surface area contributed by atoms with Crippen LogP contribution in [0.4, 0.5) is 0 Å². The molecule has 112 valence electrons. The van der Waals surface area contributed by atoms with Crippen LogP contribution in [-0.4, -0.2) is 52.4 Å². The molecule has 0 aliphatic heterocycles. The molecule has 20 heavy (non-hydrogen) atoms. The van der Waals surface area contributed by atoms with E-state index in [-0.39, 0.29) is 5.91 Å². The number of nitrogens with two attached hydrogens (primary N) is 1. The number of hydrogen-bond donors (Lipinski definition) is 1. The normalized spacial score (nSPS) is 10.6. The molecule has 0 saturated heterocycles. The second-order valence-electron chi connectivity index (χ2n) is 4.52. The van der Waals surface area contributed by atoms with Gasteiger partial charge in [-0.1, -0.05) is 19.1 Å². The van der Waals surface area contributed by atoms with E-state index >= 15 is 0 Å². The first-order chi connectivity index (χ1) is 9.49. The molecule has 2 N–H and O–H groups in total. The summed E-state index contributed by atoms with van der Waals surface area (Å²) in [6.45, 7) is 3.46. The van der Waals surface area contributed by atoms with E-state index in [1.165, 1.54) is 0 Å². The summed E-state index contributed by atoms with van der Waals surface area (Å²) >= 11 is 4.87.